The lowest BCUT2D eigenvalue weighted by atomic mass is 9.87. The van der Waals surface area contributed by atoms with E-state index in [4.69, 9.17) is 0 Å². The summed E-state index contributed by atoms with van der Waals surface area (Å²) >= 11 is 0. The molecular weight excluding hydrogens is 300 g/mol. The molecule has 2 amide bonds. The van der Waals surface area contributed by atoms with Crippen molar-refractivity contribution in [2.75, 3.05) is 16.8 Å². The van der Waals surface area contributed by atoms with Crippen LogP contribution in [0, 0.1) is 0 Å². The summed E-state index contributed by atoms with van der Waals surface area (Å²) in [6.45, 7) is 7.88. The number of carbonyl (C=O) groups excluding carboxylic acids is 2. The summed E-state index contributed by atoms with van der Waals surface area (Å²) in [5.74, 6) is -0.392. The lowest BCUT2D eigenvalue weighted by Crippen LogP contribution is -2.36. The van der Waals surface area contributed by atoms with Crippen LogP contribution in [0.5, 0.6) is 0 Å². The zero-order chi connectivity index (χ0) is 17.7. The maximum absolute atomic E-state index is 12.3. The molecule has 0 saturated heterocycles. The van der Waals surface area contributed by atoms with Crippen LogP contribution >= 0.6 is 0 Å². The minimum absolute atomic E-state index is 0.0135. The molecule has 0 aliphatic carbocycles. The molecule has 0 radical (unpaired) electrons. The molecule has 24 heavy (non-hydrogen) atoms. The molecule has 0 heterocycles. The predicted molar refractivity (Wildman–Crippen MR) is 98.2 cm³/mol. The highest BCUT2D eigenvalue weighted by atomic mass is 16.2. The minimum atomic E-state index is -0.224. The van der Waals surface area contributed by atoms with E-state index < -0.39 is 0 Å². The third-order valence-electron chi connectivity index (χ3n) is 3.78. The Hall–Kier alpha value is -2.62. The van der Waals surface area contributed by atoms with Crippen molar-refractivity contribution < 1.29 is 9.59 Å². The molecule has 2 rings (SSSR count). The quantitative estimate of drug-likeness (QED) is 0.925. The van der Waals surface area contributed by atoms with Gasteiger partial charge >= 0.3 is 0 Å². The van der Waals surface area contributed by atoms with Gasteiger partial charge in [0.1, 0.15) is 6.54 Å². The van der Waals surface area contributed by atoms with Crippen molar-refractivity contribution in [3.8, 4) is 0 Å². The van der Waals surface area contributed by atoms with Crippen LogP contribution in [0.25, 0.3) is 0 Å². The fraction of sp³-hybridized carbons (Fsp3) is 0.300. The van der Waals surface area contributed by atoms with Gasteiger partial charge < -0.3 is 10.2 Å². The Labute approximate surface area is 143 Å². The van der Waals surface area contributed by atoms with Crippen LogP contribution in [0.3, 0.4) is 0 Å². The van der Waals surface area contributed by atoms with Crippen LogP contribution in [-0.4, -0.2) is 18.4 Å². The zero-order valence-electron chi connectivity index (χ0n) is 14.7. The van der Waals surface area contributed by atoms with Crippen molar-refractivity contribution in [1.82, 2.24) is 0 Å². The molecule has 0 bridgehead atoms. The van der Waals surface area contributed by atoms with Crippen molar-refractivity contribution in [3.63, 3.8) is 0 Å². The van der Waals surface area contributed by atoms with Gasteiger partial charge in [-0.1, -0.05) is 51.1 Å². The Morgan fingerprint density at radius 1 is 0.958 bits per heavy atom. The van der Waals surface area contributed by atoms with Crippen LogP contribution in [0.2, 0.25) is 0 Å². The molecule has 0 unspecified atom stereocenters. The van der Waals surface area contributed by atoms with Crippen LogP contribution in [-0.2, 0) is 15.0 Å². The Balaban J connectivity index is 2.05. The highest BCUT2D eigenvalue weighted by Crippen LogP contribution is 2.23. The molecule has 4 heteroatoms. The van der Waals surface area contributed by atoms with Gasteiger partial charge in [-0.15, -0.1) is 0 Å². The van der Waals surface area contributed by atoms with Gasteiger partial charge in [0, 0.05) is 18.3 Å². The molecule has 2 aromatic carbocycles. The number of rotatable bonds is 4. The van der Waals surface area contributed by atoms with E-state index in [0.717, 1.165) is 5.69 Å². The van der Waals surface area contributed by atoms with Crippen LogP contribution in [0.1, 0.15) is 33.3 Å². The van der Waals surface area contributed by atoms with E-state index in [0.29, 0.717) is 5.69 Å². The minimum Gasteiger partial charge on any atom is -0.325 e. The summed E-state index contributed by atoms with van der Waals surface area (Å²) in [5, 5.41) is 2.84. The van der Waals surface area contributed by atoms with Crippen molar-refractivity contribution in [1.29, 1.82) is 0 Å². The summed E-state index contributed by atoms with van der Waals surface area (Å²) in [6.07, 6.45) is 0. The van der Waals surface area contributed by atoms with E-state index in [-0.39, 0.29) is 23.8 Å². The average molecular weight is 324 g/mol. The number of nitrogens with zero attached hydrogens (tertiary/aromatic N) is 1. The number of para-hydroxylation sites is 1. The lowest BCUT2D eigenvalue weighted by Gasteiger charge is -2.21. The van der Waals surface area contributed by atoms with Crippen molar-refractivity contribution in [3.05, 3.63) is 60.2 Å². The number of amides is 2. The fourth-order valence-electron chi connectivity index (χ4n) is 2.39. The van der Waals surface area contributed by atoms with Crippen LogP contribution in [0.15, 0.2) is 54.6 Å². The molecule has 0 aliphatic rings. The standard InChI is InChI=1S/C20H24N2O2/c1-15(23)22(18-8-6-5-7-9-18)14-19(24)21-17-12-10-16(11-13-17)20(2,3)4/h5-13H,14H2,1-4H3,(H,21,24). The van der Waals surface area contributed by atoms with E-state index >= 15 is 0 Å². The monoisotopic (exact) mass is 324 g/mol. The van der Waals surface area contributed by atoms with Gasteiger partial charge in [0.25, 0.3) is 0 Å². The van der Waals surface area contributed by atoms with E-state index in [9.17, 15) is 9.59 Å². The molecule has 126 valence electrons. The molecule has 0 atom stereocenters. The van der Waals surface area contributed by atoms with Gasteiger partial charge in [-0.05, 0) is 35.2 Å². The van der Waals surface area contributed by atoms with Crippen molar-refractivity contribution in [2.45, 2.75) is 33.1 Å². The third kappa shape index (κ3) is 4.69. The molecule has 0 aliphatic heterocycles. The van der Waals surface area contributed by atoms with Gasteiger partial charge in [0.2, 0.25) is 11.8 Å². The highest BCUT2D eigenvalue weighted by Gasteiger charge is 2.16. The predicted octanol–water partition coefficient (Wildman–Crippen LogP) is 3.98. The van der Waals surface area contributed by atoms with Crippen LogP contribution in [0.4, 0.5) is 11.4 Å². The first-order valence-corrected chi connectivity index (χ1v) is 8.01. The Morgan fingerprint density at radius 3 is 2.04 bits per heavy atom. The van der Waals surface area contributed by atoms with E-state index in [1.807, 2.05) is 54.6 Å². The third-order valence-corrected chi connectivity index (χ3v) is 3.78. The Kier molecular flexibility index (Phi) is 5.39. The normalized spacial score (nSPS) is 11.0. The number of benzene rings is 2. The van der Waals surface area contributed by atoms with Gasteiger partial charge in [-0.3, -0.25) is 9.59 Å². The number of anilines is 2. The number of hydrogen-bond acceptors (Lipinski definition) is 2. The smallest absolute Gasteiger partial charge is 0.244 e. The first kappa shape index (κ1) is 17.7. The van der Waals surface area contributed by atoms with E-state index in [1.54, 1.807) is 0 Å². The molecule has 2 aromatic rings. The van der Waals surface area contributed by atoms with E-state index in [1.165, 1.54) is 17.4 Å². The molecular formula is C20H24N2O2. The second-order valence-electron chi connectivity index (χ2n) is 6.82. The summed E-state index contributed by atoms with van der Waals surface area (Å²) in [6, 6.07) is 17.0. The summed E-state index contributed by atoms with van der Waals surface area (Å²) in [5.41, 5.74) is 2.71. The molecule has 0 fully saturated rings. The maximum Gasteiger partial charge on any atom is 0.244 e. The number of nitrogens with one attached hydrogen (secondary N) is 1. The van der Waals surface area contributed by atoms with Crippen molar-refractivity contribution in [2.24, 2.45) is 0 Å². The summed E-state index contributed by atoms with van der Waals surface area (Å²) in [4.78, 5) is 25.6. The molecule has 1 N–H and O–H groups in total. The molecule has 0 aromatic heterocycles. The maximum atomic E-state index is 12.3. The van der Waals surface area contributed by atoms with Gasteiger partial charge in [0.15, 0.2) is 0 Å². The first-order chi connectivity index (χ1) is 11.3. The second kappa shape index (κ2) is 7.30. The topological polar surface area (TPSA) is 49.4 Å². The summed E-state index contributed by atoms with van der Waals surface area (Å²) in [7, 11) is 0. The molecule has 4 nitrogen and oxygen atoms in total. The fourth-order valence-corrected chi connectivity index (χ4v) is 2.39. The summed E-state index contributed by atoms with van der Waals surface area (Å²) < 4.78 is 0. The van der Waals surface area contributed by atoms with Crippen LogP contribution < -0.4 is 10.2 Å². The van der Waals surface area contributed by atoms with Gasteiger partial charge in [-0.2, -0.15) is 0 Å². The lowest BCUT2D eigenvalue weighted by molar-refractivity contribution is -0.120. The number of hydrogen-bond donors (Lipinski definition) is 1. The van der Waals surface area contributed by atoms with Gasteiger partial charge in [-0.25, -0.2) is 0 Å². The number of carbonyl (C=O) groups is 2. The Morgan fingerprint density at radius 2 is 1.54 bits per heavy atom. The first-order valence-electron chi connectivity index (χ1n) is 8.01. The van der Waals surface area contributed by atoms with Crippen molar-refractivity contribution >= 4 is 23.2 Å². The molecule has 0 spiro atoms. The largest absolute Gasteiger partial charge is 0.325 e. The SMILES string of the molecule is CC(=O)N(CC(=O)Nc1ccc(C(C)(C)C)cc1)c1ccccc1. The van der Waals surface area contributed by atoms with E-state index in [2.05, 4.69) is 26.1 Å². The molecule has 0 saturated carbocycles. The second-order valence-corrected chi connectivity index (χ2v) is 6.82. The average Bonchev–Trinajstić information content (AvgIpc) is 2.53. The van der Waals surface area contributed by atoms with Gasteiger partial charge in [0.05, 0.1) is 0 Å². The highest BCUT2D eigenvalue weighted by molar-refractivity contribution is 6.01. The zero-order valence-corrected chi connectivity index (χ0v) is 14.7. The Bertz CT molecular complexity index is 701.